The van der Waals surface area contributed by atoms with E-state index in [9.17, 15) is 0 Å². The van der Waals surface area contributed by atoms with Crippen LogP contribution in [0.25, 0.3) is 0 Å². The van der Waals surface area contributed by atoms with Crippen LogP contribution < -0.4 is 10.6 Å². The molecular weight excluding hydrogens is 439 g/mol. The summed E-state index contributed by atoms with van der Waals surface area (Å²) in [6.45, 7) is 7.61. The number of guanidine groups is 1. The molecule has 1 heterocycles. The Balaban J connectivity index is 0.00000243. The van der Waals surface area contributed by atoms with Gasteiger partial charge in [0.15, 0.2) is 5.96 Å². The standard InChI is InChI=1S/C20H28N4O.HI/c1-20(2,3)17-12-22-18(25-17)13-24-19(21-4)23-11-14-8-9-15-6-5-7-16(15)10-14;/h8-10,12H,5-7,11,13H2,1-4H3,(H2,21,23,24);1H. The molecule has 1 aromatic carbocycles. The number of fused-ring (bicyclic) bond motifs is 1. The molecular formula is C20H29IN4O. The number of nitrogens with one attached hydrogen (secondary N) is 2. The molecule has 0 aliphatic heterocycles. The highest BCUT2D eigenvalue weighted by Gasteiger charge is 2.19. The van der Waals surface area contributed by atoms with Crippen LogP contribution in [0.4, 0.5) is 0 Å². The lowest BCUT2D eigenvalue weighted by Crippen LogP contribution is -2.36. The molecule has 0 saturated heterocycles. The van der Waals surface area contributed by atoms with E-state index in [1.165, 1.54) is 36.0 Å². The Morgan fingerprint density at radius 3 is 2.58 bits per heavy atom. The molecule has 3 rings (SSSR count). The lowest BCUT2D eigenvalue weighted by molar-refractivity contribution is 0.379. The highest BCUT2D eigenvalue weighted by atomic mass is 127. The van der Waals surface area contributed by atoms with Gasteiger partial charge in [-0.3, -0.25) is 4.99 Å². The number of oxazole rings is 1. The smallest absolute Gasteiger partial charge is 0.213 e. The number of rotatable bonds is 4. The van der Waals surface area contributed by atoms with Crippen molar-refractivity contribution in [1.29, 1.82) is 0 Å². The van der Waals surface area contributed by atoms with Gasteiger partial charge in [-0.05, 0) is 36.0 Å². The van der Waals surface area contributed by atoms with Crippen LogP contribution in [0.15, 0.2) is 33.8 Å². The van der Waals surface area contributed by atoms with Crippen molar-refractivity contribution in [2.24, 2.45) is 4.99 Å². The van der Waals surface area contributed by atoms with Gasteiger partial charge < -0.3 is 15.1 Å². The molecule has 0 unspecified atom stereocenters. The number of hydrogen-bond donors (Lipinski definition) is 2. The Hall–Kier alpha value is -1.57. The van der Waals surface area contributed by atoms with Crippen molar-refractivity contribution < 1.29 is 4.42 Å². The summed E-state index contributed by atoms with van der Waals surface area (Å²) >= 11 is 0. The predicted octanol–water partition coefficient (Wildman–Crippen LogP) is 3.94. The predicted molar refractivity (Wildman–Crippen MR) is 116 cm³/mol. The van der Waals surface area contributed by atoms with Crippen LogP contribution in [0.1, 0.15) is 55.5 Å². The molecule has 1 aliphatic carbocycles. The van der Waals surface area contributed by atoms with Crippen molar-refractivity contribution in [1.82, 2.24) is 15.6 Å². The van der Waals surface area contributed by atoms with Gasteiger partial charge in [0.1, 0.15) is 5.76 Å². The molecule has 0 atom stereocenters. The molecule has 0 saturated carbocycles. The molecule has 0 spiro atoms. The van der Waals surface area contributed by atoms with Crippen molar-refractivity contribution in [3.05, 3.63) is 52.7 Å². The third-order valence-corrected chi connectivity index (χ3v) is 4.55. The fourth-order valence-corrected chi connectivity index (χ4v) is 3.04. The molecule has 142 valence electrons. The number of halogens is 1. The summed E-state index contributed by atoms with van der Waals surface area (Å²) < 4.78 is 5.80. The van der Waals surface area contributed by atoms with Gasteiger partial charge in [0, 0.05) is 19.0 Å². The maximum Gasteiger partial charge on any atom is 0.213 e. The fourth-order valence-electron chi connectivity index (χ4n) is 3.04. The molecule has 2 N–H and O–H groups in total. The number of aliphatic imine (C=N–C) groups is 1. The minimum atomic E-state index is -0.0290. The van der Waals surface area contributed by atoms with Crippen LogP contribution in [0.5, 0.6) is 0 Å². The number of nitrogens with zero attached hydrogens (tertiary/aromatic N) is 2. The van der Waals surface area contributed by atoms with Crippen molar-refractivity contribution in [3.8, 4) is 0 Å². The molecule has 0 bridgehead atoms. The van der Waals surface area contributed by atoms with E-state index >= 15 is 0 Å². The summed E-state index contributed by atoms with van der Waals surface area (Å²) in [7, 11) is 1.77. The first-order valence-electron chi connectivity index (χ1n) is 8.96. The van der Waals surface area contributed by atoms with E-state index in [4.69, 9.17) is 4.42 Å². The van der Waals surface area contributed by atoms with Gasteiger partial charge in [-0.25, -0.2) is 4.98 Å². The number of hydrogen-bond acceptors (Lipinski definition) is 3. The summed E-state index contributed by atoms with van der Waals surface area (Å²) in [5.41, 5.74) is 4.26. The Morgan fingerprint density at radius 2 is 1.88 bits per heavy atom. The summed E-state index contributed by atoms with van der Waals surface area (Å²) in [5.74, 6) is 2.31. The maximum absolute atomic E-state index is 5.80. The third kappa shape index (κ3) is 5.22. The van der Waals surface area contributed by atoms with E-state index in [0.29, 0.717) is 12.4 Å². The normalized spacial score (nSPS) is 13.9. The van der Waals surface area contributed by atoms with Crippen LogP contribution in [0, 0.1) is 0 Å². The molecule has 1 aliphatic rings. The Kier molecular flexibility index (Phi) is 7.08. The van der Waals surface area contributed by atoms with Gasteiger partial charge in [0.05, 0.1) is 12.7 Å². The first-order chi connectivity index (χ1) is 12.0. The molecule has 1 aromatic heterocycles. The highest BCUT2D eigenvalue weighted by Crippen LogP contribution is 2.23. The van der Waals surface area contributed by atoms with Crippen LogP contribution in [-0.4, -0.2) is 18.0 Å². The zero-order valence-corrected chi connectivity index (χ0v) is 18.4. The van der Waals surface area contributed by atoms with Gasteiger partial charge in [-0.15, -0.1) is 24.0 Å². The summed E-state index contributed by atoms with van der Waals surface area (Å²) in [5, 5.41) is 6.61. The van der Waals surface area contributed by atoms with Gasteiger partial charge >= 0.3 is 0 Å². The number of benzene rings is 1. The highest BCUT2D eigenvalue weighted by molar-refractivity contribution is 14.0. The lowest BCUT2D eigenvalue weighted by atomic mass is 9.94. The first kappa shape index (κ1) is 20.7. The van der Waals surface area contributed by atoms with Crippen LogP contribution >= 0.6 is 24.0 Å². The second-order valence-electron chi connectivity index (χ2n) is 7.60. The lowest BCUT2D eigenvalue weighted by Gasteiger charge is -2.13. The van der Waals surface area contributed by atoms with Crippen molar-refractivity contribution >= 4 is 29.9 Å². The monoisotopic (exact) mass is 468 g/mol. The zero-order valence-electron chi connectivity index (χ0n) is 16.1. The largest absolute Gasteiger partial charge is 0.443 e. The third-order valence-electron chi connectivity index (χ3n) is 4.55. The number of aryl methyl sites for hydroxylation is 2. The first-order valence-corrected chi connectivity index (χ1v) is 8.96. The second kappa shape index (κ2) is 8.88. The zero-order chi connectivity index (χ0) is 17.9. The van der Waals surface area contributed by atoms with Gasteiger partial charge in [-0.1, -0.05) is 39.0 Å². The van der Waals surface area contributed by atoms with E-state index in [2.05, 4.69) is 59.6 Å². The van der Waals surface area contributed by atoms with Crippen LogP contribution in [0.3, 0.4) is 0 Å². The number of aromatic nitrogens is 1. The van der Waals surface area contributed by atoms with Gasteiger partial charge in [0.2, 0.25) is 5.89 Å². The van der Waals surface area contributed by atoms with Crippen LogP contribution in [0.2, 0.25) is 0 Å². The molecule has 26 heavy (non-hydrogen) atoms. The maximum atomic E-state index is 5.80. The van der Waals surface area contributed by atoms with E-state index in [0.717, 1.165) is 18.3 Å². The van der Waals surface area contributed by atoms with Crippen LogP contribution in [-0.2, 0) is 31.3 Å². The van der Waals surface area contributed by atoms with E-state index < -0.39 is 0 Å². The Morgan fingerprint density at radius 1 is 1.15 bits per heavy atom. The minimum absolute atomic E-state index is 0. The van der Waals surface area contributed by atoms with Crippen molar-refractivity contribution in [3.63, 3.8) is 0 Å². The molecule has 2 aromatic rings. The summed E-state index contributed by atoms with van der Waals surface area (Å²) in [6, 6.07) is 6.77. The van der Waals surface area contributed by atoms with E-state index in [-0.39, 0.29) is 29.4 Å². The second-order valence-corrected chi connectivity index (χ2v) is 7.60. The molecule has 0 amide bonds. The average Bonchev–Trinajstić information content (AvgIpc) is 3.23. The Labute approximate surface area is 173 Å². The topological polar surface area (TPSA) is 62.5 Å². The van der Waals surface area contributed by atoms with E-state index in [1.807, 2.05) is 0 Å². The molecule has 0 fully saturated rings. The fraction of sp³-hybridized carbons (Fsp3) is 0.500. The van der Waals surface area contributed by atoms with E-state index in [1.54, 1.807) is 13.2 Å². The summed E-state index contributed by atoms with van der Waals surface area (Å²) in [4.78, 5) is 8.61. The molecule has 5 nitrogen and oxygen atoms in total. The SMILES string of the molecule is CN=C(NCc1ccc2c(c1)CCC2)NCc1ncc(C(C)(C)C)o1.I. The van der Waals surface area contributed by atoms with Crippen molar-refractivity contribution in [2.45, 2.75) is 58.5 Å². The molecule has 6 heteroatoms. The van der Waals surface area contributed by atoms with Crippen molar-refractivity contribution in [2.75, 3.05) is 7.05 Å². The molecule has 0 radical (unpaired) electrons. The minimum Gasteiger partial charge on any atom is -0.443 e. The average molecular weight is 468 g/mol. The quantitative estimate of drug-likeness (QED) is 0.406. The Bertz CT molecular complexity index is 761. The van der Waals surface area contributed by atoms with Gasteiger partial charge in [-0.2, -0.15) is 0 Å². The van der Waals surface area contributed by atoms with Gasteiger partial charge in [0.25, 0.3) is 0 Å². The summed E-state index contributed by atoms with van der Waals surface area (Å²) in [6.07, 6.45) is 5.51.